The van der Waals surface area contributed by atoms with Gasteiger partial charge in [-0.1, -0.05) is 20.3 Å². The highest BCUT2D eigenvalue weighted by molar-refractivity contribution is 4.90. The van der Waals surface area contributed by atoms with Gasteiger partial charge in [0.2, 0.25) is 0 Å². The molecular formula is C14H29NO. The number of rotatable bonds is 8. The lowest BCUT2D eigenvalue weighted by molar-refractivity contribution is 0.0918. The fourth-order valence-corrected chi connectivity index (χ4v) is 2.78. The van der Waals surface area contributed by atoms with Gasteiger partial charge >= 0.3 is 0 Å². The summed E-state index contributed by atoms with van der Waals surface area (Å²) in [6.07, 6.45) is 6.79. The van der Waals surface area contributed by atoms with Gasteiger partial charge in [-0.25, -0.2) is 0 Å². The van der Waals surface area contributed by atoms with Gasteiger partial charge in [0.25, 0.3) is 0 Å². The van der Waals surface area contributed by atoms with Crippen LogP contribution < -0.4 is 5.32 Å². The molecule has 0 saturated heterocycles. The van der Waals surface area contributed by atoms with E-state index in [1.807, 2.05) is 0 Å². The predicted octanol–water partition coefficient (Wildman–Crippen LogP) is 3.22. The molecule has 0 heterocycles. The topological polar surface area (TPSA) is 21.3 Å². The van der Waals surface area contributed by atoms with Gasteiger partial charge in [-0.15, -0.1) is 0 Å². The molecule has 1 atom stereocenters. The minimum atomic E-state index is 0.588. The maximum Gasteiger partial charge on any atom is 0.0476 e. The van der Waals surface area contributed by atoms with Crippen LogP contribution in [0.4, 0.5) is 0 Å². The third-order valence-electron chi connectivity index (χ3n) is 3.84. The predicted molar refractivity (Wildman–Crippen MR) is 69.7 cm³/mol. The molecule has 1 aliphatic rings. The standard InChI is InChI=1S/C14H29NO/c1-12(2)10-14(7-5-8-14)11-15-13(3)6-9-16-4/h12-13,15H,5-11H2,1-4H3. The van der Waals surface area contributed by atoms with E-state index in [1.54, 1.807) is 7.11 Å². The van der Waals surface area contributed by atoms with Gasteiger partial charge in [0.15, 0.2) is 0 Å². The Hall–Kier alpha value is -0.0800. The van der Waals surface area contributed by atoms with Crippen LogP contribution in [0.3, 0.4) is 0 Å². The quantitative estimate of drug-likeness (QED) is 0.687. The second-order valence-electron chi connectivity index (χ2n) is 6.01. The zero-order valence-corrected chi connectivity index (χ0v) is 11.5. The van der Waals surface area contributed by atoms with Crippen LogP contribution in [0, 0.1) is 11.3 Å². The van der Waals surface area contributed by atoms with E-state index in [-0.39, 0.29) is 0 Å². The van der Waals surface area contributed by atoms with Gasteiger partial charge < -0.3 is 10.1 Å². The van der Waals surface area contributed by atoms with Crippen molar-refractivity contribution in [3.8, 4) is 0 Å². The summed E-state index contributed by atoms with van der Waals surface area (Å²) in [5.74, 6) is 0.830. The van der Waals surface area contributed by atoms with E-state index in [0.717, 1.165) is 18.9 Å². The summed E-state index contributed by atoms with van der Waals surface area (Å²) < 4.78 is 5.11. The van der Waals surface area contributed by atoms with Crippen LogP contribution in [-0.2, 0) is 4.74 Å². The minimum Gasteiger partial charge on any atom is -0.385 e. The first-order valence-electron chi connectivity index (χ1n) is 6.80. The fraction of sp³-hybridized carbons (Fsp3) is 1.00. The van der Waals surface area contributed by atoms with Crippen LogP contribution in [0.25, 0.3) is 0 Å². The van der Waals surface area contributed by atoms with Crippen LogP contribution >= 0.6 is 0 Å². The Morgan fingerprint density at radius 1 is 1.25 bits per heavy atom. The van der Waals surface area contributed by atoms with Crippen molar-refractivity contribution in [2.24, 2.45) is 11.3 Å². The number of nitrogens with one attached hydrogen (secondary N) is 1. The second kappa shape index (κ2) is 6.61. The molecule has 0 aromatic heterocycles. The summed E-state index contributed by atoms with van der Waals surface area (Å²) in [7, 11) is 1.78. The normalized spacial score (nSPS) is 20.8. The lowest BCUT2D eigenvalue weighted by atomic mass is 9.64. The van der Waals surface area contributed by atoms with Crippen molar-refractivity contribution in [1.29, 1.82) is 0 Å². The van der Waals surface area contributed by atoms with Crippen molar-refractivity contribution in [2.75, 3.05) is 20.3 Å². The molecule has 0 aromatic carbocycles. The van der Waals surface area contributed by atoms with Gasteiger partial charge in [0.05, 0.1) is 0 Å². The summed E-state index contributed by atoms with van der Waals surface area (Å²) >= 11 is 0. The van der Waals surface area contributed by atoms with E-state index in [9.17, 15) is 0 Å². The van der Waals surface area contributed by atoms with E-state index < -0.39 is 0 Å². The largest absolute Gasteiger partial charge is 0.385 e. The molecule has 0 spiro atoms. The van der Waals surface area contributed by atoms with Crippen molar-refractivity contribution in [3.63, 3.8) is 0 Å². The maximum atomic E-state index is 5.11. The number of hydrogen-bond acceptors (Lipinski definition) is 2. The summed E-state index contributed by atoms with van der Waals surface area (Å²) in [6.45, 7) is 9.02. The Kier molecular flexibility index (Phi) is 5.77. The number of methoxy groups -OCH3 is 1. The van der Waals surface area contributed by atoms with Gasteiger partial charge in [0.1, 0.15) is 0 Å². The summed E-state index contributed by atoms with van der Waals surface area (Å²) in [6, 6.07) is 0.588. The van der Waals surface area contributed by atoms with E-state index >= 15 is 0 Å². The molecule has 0 radical (unpaired) electrons. The Morgan fingerprint density at radius 3 is 2.38 bits per heavy atom. The van der Waals surface area contributed by atoms with Crippen LogP contribution in [0.2, 0.25) is 0 Å². The van der Waals surface area contributed by atoms with Gasteiger partial charge in [-0.3, -0.25) is 0 Å². The van der Waals surface area contributed by atoms with Crippen LogP contribution in [0.15, 0.2) is 0 Å². The number of hydrogen-bond donors (Lipinski definition) is 1. The Morgan fingerprint density at radius 2 is 1.94 bits per heavy atom. The molecule has 1 unspecified atom stereocenters. The highest BCUT2D eigenvalue weighted by Gasteiger charge is 2.36. The molecule has 1 saturated carbocycles. The SMILES string of the molecule is COCCC(C)NCC1(CC(C)C)CCC1. The van der Waals surface area contributed by atoms with Crippen LogP contribution in [-0.4, -0.2) is 26.3 Å². The van der Waals surface area contributed by atoms with Crippen LogP contribution in [0.1, 0.15) is 52.9 Å². The minimum absolute atomic E-state index is 0.588. The lowest BCUT2D eigenvalue weighted by Gasteiger charge is -2.44. The fourth-order valence-electron chi connectivity index (χ4n) is 2.78. The van der Waals surface area contributed by atoms with Crippen LogP contribution in [0.5, 0.6) is 0 Å². The molecule has 1 aliphatic carbocycles. The molecule has 96 valence electrons. The highest BCUT2D eigenvalue weighted by atomic mass is 16.5. The first-order chi connectivity index (χ1) is 7.58. The third kappa shape index (κ3) is 4.42. The average Bonchev–Trinajstić information content (AvgIpc) is 2.18. The first kappa shape index (κ1) is 14.0. The van der Waals surface area contributed by atoms with Gasteiger partial charge in [-0.05, 0) is 43.9 Å². The summed E-state index contributed by atoms with van der Waals surface area (Å²) in [5, 5.41) is 3.69. The molecule has 1 fully saturated rings. The zero-order valence-electron chi connectivity index (χ0n) is 11.5. The third-order valence-corrected chi connectivity index (χ3v) is 3.84. The molecule has 1 rings (SSSR count). The smallest absolute Gasteiger partial charge is 0.0476 e. The molecule has 0 aromatic rings. The zero-order chi connectivity index (χ0) is 12.0. The Bertz CT molecular complexity index is 187. The van der Waals surface area contributed by atoms with Gasteiger partial charge in [-0.2, -0.15) is 0 Å². The van der Waals surface area contributed by atoms with Crippen molar-refractivity contribution in [2.45, 2.75) is 58.9 Å². The average molecular weight is 227 g/mol. The molecule has 2 nitrogen and oxygen atoms in total. The van der Waals surface area contributed by atoms with E-state index in [1.165, 1.54) is 32.2 Å². The maximum absolute atomic E-state index is 5.11. The van der Waals surface area contributed by atoms with E-state index in [4.69, 9.17) is 4.74 Å². The highest BCUT2D eigenvalue weighted by Crippen LogP contribution is 2.45. The molecule has 0 aliphatic heterocycles. The lowest BCUT2D eigenvalue weighted by Crippen LogP contribution is -2.44. The Balaban J connectivity index is 2.23. The molecule has 2 heteroatoms. The molecule has 1 N–H and O–H groups in total. The Labute approximate surface area is 101 Å². The molecular weight excluding hydrogens is 198 g/mol. The molecule has 0 bridgehead atoms. The van der Waals surface area contributed by atoms with Crippen molar-refractivity contribution >= 4 is 0 Å². The van der Waals surface area contributed by atoms with Crippen molar-refractivity contribution in [1.82, 2.24) is 5.32 Å². The van der Waals surface area contributed by atoms with Gasteiger partial charge in [0, 0.05) is 26.3 Å². The number of ether oxygens (including phenoxy) is 1. The molecule has 0 amide bonds. The molecule has 16 heavy (non-hydrogen) atoms. The van der Waals surface area contributed by atoms with Crippen molar-refractivity contribution in [3.05, 3.63) is 0 Å². The second-order valence-corrected chi connectivity index (χ2v) is 6.01. The first-order valence-corrected chi connectivity index (χ1v) is 6.80. The summed E-state index contributed by atoms with van der Waals surface area (Å²) in [5.41, 5.74) is 0.621. The van der Waals surface area contributed by atoms with E-state index in [2.05, 4.69) is 26.1 Å². The monoisotopic (exact) mass is 227 g/mol. The van der Waals surface area contributed by atoms with E-state index in [0.29, 0.717) is 11.5 Å². The van der Waals surface area contributed by atoms with Crippen molar-refractivity contribution < 1.29 is 4.74 Å². The summed E-state index contributed by atoms with van der Waals surface area (Å²) in [4.78, 5) is 0.